The number of carbonyl (C=O) groups is 1. The molecule has 4 nitrogen and oxygen atoms in total. The third-order valence-corrected chi connectivity index (χ3v) is 2.34. The van der Waals surface area contributed by atoms with Crippen LogP contribution in [-0.4, -0.2) is 17.1 Å². The molecule has 1 rings (SSSR count). The van der Waals surface area contributed by atoms with Crippen LogP contribution < -0.4 is 10.5 Å². The SMILES string of the molecule is CCC(Oc1ccc(C)cc1CO)C(N)=O. The van der Waals surface area contributed by atoms with Crippen molar-refractivity contribution in [2.24, 2.45) is 5.73 Å². The van der Waals surface area contributed by atoms with Crippen LogP contribution in [0, 0.1) is 6.92 Å². The van der Waals surface area contributed by atoms with E-state index in [4.69, 9.17) is 10.5 Å². The zero-order valence-electron chi connectivity index (χ0n) is 9.56. The van der Waals surface area contributed by atoms with E-state index in [1.165, 1.54) is 0 Å². The number of hydrogen-bond donors (Lipinski definition) is 2. The van der Waals surface area contributed by atoms with Crippen molar-refractivity contribution >= 4 is 5.91 Å². The van der Waals surface area contributed by atoms with E-state index in [1.54, 1.807) is 6.07 Å². The van der Waals surface area contributed by atoms with Crippen molar-refractivity contribution in [2.75, 3.05) is 0 Å². The summed E-state index contributed by atoms with van der Waals surface area (Å²) in [6, 6.07) is 5.43. The predicted octanol–water partition coefficient (Wildman–Crippen LogP) is 1.13. The van der Waals surface area contributed by atoms with Crippen LogP contribution in [-0.2, 0) is 11.4 Å². The molecule has 0 bridgehead atoms. The maximum absolute atomic E-state index is 11.0. The summed E-state index contributed by atoms with van der Waals surface area (Å²) in [6.45, 7) is 3.63. The molecule has 0 saturated carbocycles. The molecule has 3 N–H and O–H groups in total. The summed E-state index contributed by atoms with van der Waals surface area (Å²) in [5.74, 6) is 0.0192. The van der Waals surface area contributed by atoms with Crippen molar-refractivity contribution in [1.82, 2.24) is 0 Å². The second-order valence-electron chi connectivity index (χ2n) is 3.69. The Morgan fingerprint density at radius 3 is 2.75 bits per heavy atom. The summed E-state index contributed by atoms with van der Waals surface area (Å²) >= 11 is 0. The first-order valence-corrected chi connectivity index (χ1v) is 5.24. The smallest absolute Gasteiger partial charge is 0.258 e. The Balaban J connectivity index is 2.91. The molecular weight excluding hydrogens is 206 g/mol. The van der Waals surface area contributed by atoms with Crippen LogP contribution in [0.1, 0.15) is 24.5 Å². The van der Waals surface area contributed by atoms with Gasteiger partial charge in [0, 0.05) is 5.56 Å². The fourth-order valence-corrected chi connectivity index (χ4v) is 1.44. The van der Waals surface area contributed by atoms with Gasteiger partial charge in [-0.1, -0.05) is 24.6 Å². The van der Waals surface area contributed by atoms with E-state index in [-0.39, 0.29) is 6.61 Å². The fourth-order valence-electron chi connectivity index (χ4n) is 1.44. The number of primary amides is 1. The highest BCUT2D eigenvalue weighted by atomic mass is 16.5. The molecule has 0 heterocycles. The number of hydrogen-bond acceptors (Lipinski definition) is 3. The van der Waals surface area contributed by atoms with Gasteiger partial charge in [-0.15, -0.1) is 0 Å². The van der Waals surface area contributed by atoms with E-state index in [0.717, 1.165) is 5.56 Å². The molecule has 1 aromatic rings. The third kappa shape index (κ3) is 2.97. The average Bonchev–Trinajstić information content (AvgIpc) is 2.26. The van der Waals surface area contributed by atoms with Crippen LogP contribution in [0.15, 0.2) is 18.2 Å². The summed E-state index contributed by atoms with van der Waals surface area (Å²) in [7, 11) is 0. The highest BCUT2D eigenvalue weighted by Gasteiger charge is 2.16. The second kappa shape index (κ2) is 5.51. The van der Waals surface area contributed by atoms with E-state index in [1.807, 2.05) is 26.0 Å². The molecule has 4 heteroatoms. The van der Waals surface area contributed by atoms with Crippen molar-refractivity contribution in [1.29, 1.82) is 0 Å². The number of aliphatic hydroxyl groups excluding tert-OH is 1. The molecule has 0 spiro atoms. The van der Waals surface area contributed by atoms with Gasteiger partial charge in [-0.25, -0.2) is 0 Å². The topological polar surface area (TPSA) is 72.6 Å². The monoisotopic (exact) mass is 223 g/mol. The minimum Gasteiger partial charge on any atom is -0.480 e. The lowest BCUT2D eigenvalue weighted by molar-refractivity contribution is -0.124. The Labute approximate surface area is 95.0 Å². The van der Waals surface area contributed by atoms with Gasteiger partial charge in [-0.2, -0.15) is 0 Å². The first kappa shape index (κ1) is 12.5. The Bertz CT molecular complexity index is 377. The average molecular weight is 223 g/mol. The van der Waals surface area contributed by atoms with Crippen molar-refractivity contribution in [3.8, 4) is 5.75 Å². The van der Waals surface area contributed by atoms with Gasteiger partial charge < -0.3 is 15.6 Å². The standard InChI is InChI=1S/C12H17NO3/c1-3-10(12(13)15)16-11-5-4-8(2)6-9(11)7-14/h4-6,10,14H,3,7H2,1-2H3,(H2,13,15). The highest BCUT2D eigenvalue weighted by Crippen LogP contribution is 2.21. The summed E-state index contributed by atoms with van der Waals surface area (Å²) in [5.41, 5.74) is 6.89. The van der Waals surface area contributed by atoms with E-state index < -0.39 is 12.0 Å². The maximum atomic E-state index is 11.0. The molecule has 1 atom stereocenters. The van der Waals surface area contributed by atoms with Crippen molar-refractivity contribution in [3.05, 3.63) is 29.3 Å². The molecular formula is C12H17NO3. The van der Waals surface area contributed by atoms with Gasteiger partial charge >= 0.3 is 0 Å². The molecule has 16 heavy (non-hydrogen) atoms. The Kier molecular flexibility index (Phi) is 4.31. The Morgan fingerprint density at radius 2 is 2.25 bits per heavy atom. The van der Waals surface area contributed by atoms with Crippen LogP contribution >= 0.6 is 0 Å². The van der Waals surface area contributed by atoms with Crippen molar-refractivity contribution in [2.45, 2.75) is 33.0 Å². The van der Waals surface area contributed by atoms with E-state index >= 15 is 0 Å². The molecule has 1 unspecified atom stereocenters. The van der Waals surface area contributed by atoms with Gasteiger partial charge in [0.2, 0.25) is 0 Å². The van der Waals surface area contributed by atoms with Gasteiger partial charge in [0.15, 0.2) is 6.10 Å². The van der Waals surface area contributed by atoms with Crippen molar-refractivity contribution in [3.63, 3.8) is 0 Å². The maximum Gasteiger partial charge on any atom is 0.258 e. The number of amides is 1. The van der Waals surface area contributed by atoms with E-state index in [2.05, 4.69) is 0 Å². The van der Waals surface area contributed by atoms with Crippen LogP contribution in [0.4, 0.5) is 0 Å². The lowest BCUT2D eigenvalue weighted by Crippen LogP contribution is -2.33. The molecule has 1 aromatic carbocycles. The van der Waals surface area contributed by atoms with E-state index in [9.17, 15) is 9.90 Å². The zero-order valence-corrected chi connectivity index (χ0v) is 9.56. The van der Waals surface area contributed by atoms with Gasteiger partial charge in [0.05, 0.1) is 6.61 Å². The second-order valence-corrected chi connectivity index (χ2v) is 3.69. The number of aliphatic hydroxyl groups is 1. The number of rotatable bonds is 5. The van der Waals surface area contributed by atoms with Gasteiger partial charge in [-0.3, -0.25) is 4.79 Å². The van der Waals surface area contributed by atoms with Gasteiger partial charge in [0.1, 0.15) is 5.75 Å². The quantitative estimate of drug-likeness (QED) is 0.786. The molecule has 0 saturated heterocycles. The molecule has 1 amide bonds. The van der Waals surface area contributed by atoms with Crippen LogP contribution in [0.25, 0.3) is 0 Å². The van der Waals surface area contributed by atoms with Crippen LogP contribution in [0.5, 0.6) is 5.75 Å². The third-order valence-electron chi connectivity index (χ3n) is 2.34. The number of aryl methyl sites for hydroxylation is 1. The predicted molar refractivity (Wildman–Crippen MR) is 61.0 cm³/mol. The Morgan fingerprint density at radius 1 is 1.56 bits per heavy atom. The lowest BCUT2D eigenvalue weighted by Gasteiger charge is -2.16. The molecule has 0 aliphatic heterocycles. The molecule has 0 aromatic heterocycles. The molecule has 88 valence electrons. The summed E-state index contributed by atoms with van der Waals surface area (Å²) in [4.78, 5) is 11.0. The van der Waals surface area contributed by atoms with Crippen LogP contribution in [0.3, 0.4) is 0 Å². The zero-order chi connectivity index (χ0) is 12.1. The first-order valence-electron chi connectivity index (χ1n) is 5.24. The first-order chi connectivity index (χ1) is 7.58. The summed E-state index contributed by atoms with van der Waals surface area (Å²) < 4.78 is 5.47. The van der Waals surface area contributed by atoms with Crippen LogP contribution in [0.2, 0.25) is 0 Å². The molecule has 0 aliphatic carbocycles. The summed E-state index contributed by atoms with van der Waals surface area (Å²) in [6.07, 6.45) is -0.137. The minimum atomic E-state index is -0.645. The number of carbonyl (C=O) groups excluding carboxylic acids is 1. The van der Waals surface area contributed by atoms with Gasteiger partial charge in [0.25, 0.3) is 5.91 Å². The Hall–Kier alpha value is -1.55. The molecule has 0 radical (unpaired) electrons. The number of ether oxygens (including phenoxy) is 1. The van der Waals surface area contributed by atoms with E-state index in [0.29, 0.717) is 17.7 Å². The highest BCUT2D eigenvalue weighted by molar-refractivity contribution is 5.79. The lowest BCUT2D eigenvalue weighted by atomic mass is 10.1. The number of benzene rings is 1. The molecule has 0 fully saturated rings. The molecule has 0 aliphatic rings. The largest absolute Gasteiger partial charge is 0.480 e. The van der Waals surface area contributed by atoms with Crippen molar-refractivity contribution < 1.29 is 14.6 Å². The fraction of sp³-hybridized carbons (Fsp3) is 0.417. The van der Waals surface area contributed by atoms with Gasteiger partial charge in [-0.05, 0) is 19.4 Å². The minimum absolute atomic E-state index is 0.119. The summed E-state index contributed by atoms with van der Waals surface area (Å²) in [5, 5.41) is 9.17. The number of nitrogens with two attached hydrogens (primary N) is 1. The normalized spacial score (nSPS) is 12.2.